The van der Waals surface area contributed by atoms with E-state index in [-0.39, 0.29) is 12.5 Å². The van der Waals surface area contributed by atoms with Crippen LogP contribution in [0.5, 0.6) is 0 Å². The van der Waals surface area contributed by atoms with E-state index in [1.54, 1.807) is 7.11 Å². The summed E-state index contributed by atoms with van der Waals surface area (Å²) >= 11 is 0. The third-order valence-electron chi connectivity index (χ3n) is 5.35. The van der Waals surface area contributed by atoms with Gasteiger partial charge in [-0.25, -0.2) is 4.79 Å². The average molecular weight is 388 g/mol. The van der Waals surface area contributed by atoms with Crippen LogP contribution >= 0.6 is 0 Å². The number of hydrogen-bond acceptors (Lipinski definition) is 6. The summed E-state index contributed by atoms with van der Waals surface area (Å²) in [6.45, 7) is 7.34. The van der Waals surface area contributed by atoms with E-state index in [2.05, 4.69) is 5.32 Å². The third-order valence-corrected chi connectivity index (χ3v) is 5.35. The van der Waals surface area contributed by atoms with E-state index in [0.717, 1.165) is 16.7 Å². The molecule has 1 N–H and O–H groups in total. The van der Waals surface area contributed by atoms with Gasteiger partial charge in [-0.05, 0) is 44.2 Å². The molecule has 2 aliphatic rings. The molecule has 0 aromatic heterocycles. The Hall–Kier alpha value is -2.38. The topological polar surface area (TPSA) is 77.1 Å². The highest BCUT2D eigenvalue weighted by Crippen LogP contribution is 2.41. The summed E-state index contributed by atoms with van der Waals surface area (Å²) < 4.78 is 10.8. The van der Waals surface area contributed by atoms with Crippen LogP contribution in [-0.4, -0.2) is 49.5 Å². The molecule has 7 nitrogen and oxygen atoms in total. The minimum absolute atomic E-state index is 0.224. The molecule has 3 rings (SSSR count). The second kappa shape index (κ2) is 8.32. The highest BCUT2D eigenvalue weighted by Gasteiger charge is 2.50. The second-order valence-corrected chi connectivity index (χ2v) is 7.37. The Kier molecular flexibility index (Phi) is 6.05. The zero-order valence-electron chi connectivity index (χ0n) is 17.0. The first-order valence-electron chi connectivity index (χ1n) is 9.68. The Labute approximate surface area is 165 Å². The molecular formula is C21H28N2O5. The van der Waals surface area contributed by atoms with Crippen LogP contribution in [0.2, 0.25) is 0 Å². The maximum absolute atomic E-state index is 13.0. The number of nitrogens with zero attached hydrogens (tertiary/aromatic N) is 1. The van der Waals surface area contributed by atoms with Crippen LogP contribution in [0.4, 0.5) is 4.79 Å². The number of rotatable bonds is 5. The molecule has 2 heterocycles. The van der Waals surface area contributed by atoms with Crippen LogP contribution in [0, 0.1) is 13.8 Å². The molecule has 28 heavy (non-hydrogen) atoms. The zero-order chi connectivity index (χ0) is 20.3. The van der Waals surface area contributed by atoms with Gasteiger partial charge in [0, 0.05) is 13.1 Å². The summed E-state index contributed by atoms with van der Waals surface area (Å²) in [5.41, 5.74) is 2.44. The number of benzene rings is 1. The number of hydrogen-bond donors (Lipinski definition) is 1. The van der Waals surface area contributed by atoms with Crippen LogP contribution in [0.25, 0.3) is 5.57 Å². The summed E-state index contributed by atoms with van der Waals surface area (Å²) in [6.07, 6.45) is 1.09. The van der Waals surface area contributed by atoms with Crippen molar-refractivity contribution in [2.75, 3.05) is 26.8 Å². The molecular weight excluding hydrogens is 360 g/mol. The molecule has 0 atom stereocenters. The fraction of sp³-hybridized carbons (Fsp3) is 0.524. The van der Waals surface area contributed by atoms with Gasteiger partial charge >= 0.3 is 6.16 Å². The predicted octanol–water partition coefficient (Wildman–Crippen LogP) is 3.10. The summed E-state index contributed by atoms with van der Waals surface area (Å²) in [5, 5.41) is 4.93. The Bertz CT molecular complexity index is 794. The Morgan fingerprint density at radius 2 is 1.96 bits per heavy atom. The van der Waals surface area contributed by atoms with Gasteiger partial charge in [-0.3, -0.25) is 4.79 Å². The van der Waals surface area contributed by atoms with Gasteiger partial charge < -0.3 is 19.6 Å². The van der Waals surface area contributed by atoms with Crippen LogP contribution in [0.3, 0.4) is 0 Å². The smallest absolute Gasteiger partial charge is 0.434 e. The second-order valence-electron chi connectivity index (χ2n) is 7.37. The lowest BCUT2D eigenvalue weighted by atomic mass is 9.85. The minimum Gasteiger partial charge on any atom is -0.434 e. The highest BCUT2D eigenvalue weighted by atomic mass is 16.7. The maximum atomic E-state index is 13.0. The van der Waals surface area contributed by atoms with Gasteiger partial charge in [0.05, 0.1) is 19.3 Å². The highest BCUT2D eigenvalue weighted by molar-refractivity contribution is 6.23. The van der Waals surface area contributed by atoms with Crippen LogP contribution < -0.4 is 5.32 Å². The first kappa shape index (κ1) is 20.4. The number of nitrogens with one attached hydrogen (secondary N) is 1. The van der Waals surface area contributed by atoms with Crippen molar-refractivity contribution in [3.63, 3.8) is 0 Å². The fourth-order valence-corrected chi connectivity index (χ4v) is 3.78. The summed E-state index contributed by atoms with van der Waals surface area (Å²) in [7, 11) is 1.63. The molecule has 1 aromatic carbocycles. The van der Waals surface area contributed by atoms with Crippen molar-refractivity contribution in [1.82, 2.24) is 10.4 Å². The van der Waals surface area contributed by atoms with Crippen molar-refractivity contribution in [1.29, 1.82) is 0 Å². The van der Waals surface area contributed by atoms with Gasteiger partial charge in [-0.2, -0.15) is 5.06 Å². The largest absolute Gasteiger partial charge is 0.513 e. The number of carbonyl (C=O) groups is 2. The number of aryl methyl sites for hydroxylation is 2. The van der Waals surface area contributed by atoms with E-state index < -0.39 is 11.7 Å². The van der Waals surface area contributed by atoms with E-state index in [0.29, 0.717) is 43.7 Å². The van der Waals surface area contributed by atoms with Crippen molar-refractivity contribution in [2.24, 2.45) is 0 Å². The third kappa shape index (κ3) is 3.91. The van der Waals surface area contributed by atoms with Crippen LogP contribution in [-0.2, 0) is 19.1 Å². The molecule has 1 aromatic rings. The lowest BCUT2D eigenvalue weighted by Gasteiger charge is -2.38. The average Bonchev–Trinajstić information content (AvgIpc) is 2.93. The fourth-order valence-electron chi connectivity index (χ4n) is 3.78. The van der Waals surface area contributed by atoms with E-state index in [1.807, 2.05) is 44.0 Å². The van der Waals surface area contributed by atoms with Gasteiger partial charge in [-0.15, -0.1) is 0 Å². The molecule has 1 spiro atoms. The van der Waals surface area contributed by atoms with E-state index in [9.17, 15) is 9.59 Å². The minimum atomic E-state index is -0.773. The zero-order valence-corrected chi connectivity index (χ0v) is 17.0. The number of amides is 1. The van der Waals surface area contributed by atoms with Gasteiger partial charge in [0.25, 0.3) is 5.91 Å². The number of piperidine rings is 1. The van der Waals surface area contributed by atoms with Gasteiger partial charge in [0.1, 0.15) is 5.54 Å². The lowest BCUT2D eigenvalue weighted by molar-refractivity contribution is -0.152. The van der Waals surface area contributed by atoms with Crippen molar-refractivity contribution in [2.45, 2.75) is 45.6 Å². The molecule has 7 heteroatoms. The number of carbonyl (C=O) groups excluding carboxylic acids is 2. The first-order chi connectivity index (χ1) is 13.4. The Morgan fingerprint density at radius 3 is 2.61 bits per heavy atom. The van der Waals surface area contributed by atoms with Gasteiger partial charge in [0.2, 0.25) is 0 Å². The monoisotopic (exact) mass is 388 g/mol. The van der Waals surface area contributed by atoms with Gasteiger partial charge in [0.15, 0.2) is 5.76 Å². The maximum Gasteiger partial charge on any atom is 0.513 e. The molecule has 0 bridgehead atoms. The molecule has 1 amide bonds. The Balaban J connectivity index is 2.04. The molecule has 0 saturated carbocycles. The first-order valence-corrected chi connectivity index (χ1v) is 9.68. The number of hydroxylamine groups is 2. The molecule has 0 aliphatic carbocycles. The molecule has 1 saturated heterocycles. The summed E-state index contributed by atoms with van der Waals surface area (Å²) in [4.78, 5) is 30.6. The van der Waals surface area contributed by atoms with Crippen molar-refractivity contribution >= 4 is 17.6 Å². The Morgan fingerprint density at radius 1 is 1.25 bits per heavy atom. The molecule has 0 unspecified atom stereocenters. The molecule has 0 radical (unpaired) electrons. The van der Waals surface area contributed by atoms with E-state index in [1.165, 1.54) is 0 Å². The van der Waals surface area contributed by atoms with Gasteiger partial charge in [-0.1, -0.05) is 30.7 Å². The van der Waals surface area contributed by atoms with Crippen molar-refractivity contribution < 1.29 is 23.9 Å². The van der Waals surface area contributed by atoms with Crippen molar-refractivity contribution in [3.05, 3.63) is 40.6 Å². The SMILES string of the molecule is CCCOC(=O)OC1=C(c2cc(C)ccc2C)C(=O)NC12CCN(OC)CC2. The quantitative estimate of drug-likeness (QED) is 0.781. The van der Waals surface area contributed by atoms with Crippen molar-refractivity contribution in [3.8, 4) is 0 Å². The standard InChI is InChI=1S/C21H28N2O5/c1-5-12-27-20(25)28-18-17(16-13-14(2)6-7-15(16)3)19(24)22-21(18)8-10-23(26-4)11-9-21/h6-7,13H,5,8-12H2,1-4H3,(H,22,24). The normalized spacial score (nSPS) is 19.1. The molecule has 152 valence electrons. The molecule has 2 aliphatic heterocycles. The van der Waals surface area contributed by atoms with E-state index in [4.69, 9.17) is 14.3 Å². The predicted molar refractivity (Wildman–Crippen MR) is 104 cm³/mol. The lowest BCUT2D eigenvalue weighted by Crippen LogP contribution is -2.53. The summed E-state index contributed by atoms with van der Waals surface area (Å²) in [5.74, 6) is 0.140. The van der Waals surface area contributed by atoms with Crippen LogP contribution in [0.15, 0.2) is 24.0 Å². The van der Waals surface area contributed by atoms with E-state index >= 15 is 0 Å². The van der Waals surface area contributed by atoms with Crippen LogP contribution in [0.1, 0.15) is 42.9 Å². The molecule has 1 fully saturated rings. The number of ether oxygens (including phenoxy) is 2. The summed E-state index contributed by atoms with van der Waals surface area (Å²) in [6, 6.07) is 5.92.